The molecule has 2 N–H and O–H groups in total. The normalized spacial score (nSPS) is 16.3. The number of urea groups is 1. The van der Waals surface area contributed by atoms with Crippen molar-refractivity contribution in [1.82, 2.24) is 9.88 Å². The third-order valence-corrected chi connectivity index (χ3v) is 5.50. The van der Waals surface area contributed by atoms with Gasteiger partial charge in [0.2, 0.25) is 5.91 Å². The Kier molecular flexibility index (Phi) is 4.17. The van der Waals surface area contributed by atoms with E-state index < -0.39 is 0 Å². The first-order valence-electron chi connectivity index (χ1n) is 8.50. The Morgan fingerprint density at radius 3 is 2.68 bits per heavy atom. The first kappa shape index (κ1) is 16.1. The lowest BCUT2D eigenvalue weighted by Gasteiger charge is -2.26. The van der Waals surface area contributed by atoms with Crippen molar-refractivity contribution in [3.63, 3.8) is 0 Å². The van der Waals surface area contributed by atoms with Crippen molar-refractivity contribution >= 4 is 34.1 Å². The van der Waals surface area contributed by atoms with Crippen LogP contribution in [0.5, 0.6) is 0 Å². The average molecular weight is 356 g/mol. The molecule has 1 aromatic carbocycles. The summed E-state index contributed by atoms with van der Waals surface area (Å²) in [5.74, 6) is 0.234. The number of anilines is 2. The number of hydrogen-bond donors (Lipinski definition) is 2. The van der Waals surface area contributed by atoms with E-state index in [0.29, 0.717) is 24.6 Å². The van der Waals surface area contributed by atoms with E-state index in [1.807, 2.05) is 31.2 Å². The van der Waals surface area contributed by atoms with E-state index in [2.05, 4.69) is 15.6 Å². The fourth-order valence-electron chi connectivity index (χ4n) is 2.81. The minimum absolute atomic E-state index is 0.0695. The molecule has 130 valence electrons. The van der Waals surface area contributed by atoms with Gasteiger partial charge in [-0.1, -0.05) is 29.0 Å². The summed E-state index contributed by atoms with van der Waals surface area (Å²) in [5.41, 5.74) is 2.95. The van der Waals surface area contributed by atoms with E-state index in [-0.39, 0.29) is 17.9 Å². The van der Waals surface area contributed by atoms with E-state index in [0.717, 1.165) is 34.7 Å². The predicted molar refractivity (Wildman–Crippen MR) is 97.8 cm³/mol. The second-order valence-electron chi connectivity index (χ2n) is 6.62. The lowest BCUT2D eigenvalue weighted by Crippen LogP contribution is -2.38. The van der Waals surface area contributed by atoms with Crippen LogP contribution in [0.1, 0.15) is 29.0 Å². The lowest BCUT2D eigenvalue weighted by molar-refractivity contribution is -0.117. The molecule has 3 amide bonds. The highest BCUT2D eigenvalue weighted by Gasteiger charge is 2.31. The van der Waals surface area contributed by atoms with Gasteiger partial charge >= 0.3 is 6.03 Å². The Balaban J connectivity index is 1.39. The quantitative estimate of drug-likeness (QED) is 0.885. The van der Waals surface area contributed by atoms with Crippen LogP contribution in [0.3, 0.4) is 0 Å². The van der Waals surface area contributed by atoms with Gasteiger partial charge in [0, 0.05) is 29.4 Å². The van der Waals surface area contributed by atoms with Gasteiger partial charge in [-0.05, 0) is 31.9 Å². The van der Waals surface area contributed by atoms with Gasteiger partial charge in [-0.15, -0.1) is 0 Å². The van der Waals surface area contributed by atoms with Crippen LogP contribution in [0, 0.1) is 12.8 Å². The molecule has 1 saturated carbocycles. The minimum atomic E-state index is -0.105. The summed E-state index contributed by atoms with van der Waals surface area (Å²) < 4.78 is 0. The summed E-state index contributed by atoms with van der Waals surface area (Å²) in [6, 6.07) is 7.65. The summed E-state index contributed by atoms with van der Waals surface area (Å²) >= 11 is 1.47. The molecule has 6 nitrogen and oxygen atoms in total. The Hall–Kier alpha value is -2.41. The van der Waals surface area contributed by atoms with Crippen LogP contribution in [0.15, 0.2) is 24.3 Å². The third-order valence-electron chi connectivity index (χ3n) is 4.50. The zero-order valence-corrected chi connectivity index (χ0v) is 14.9. The van der Waals surface area contributed by atoms with Gasteiger partial charge in [0.25, 0.3) is 0 Å². The Labute approximate surface area is 150 Å². The molecule has 1 fully saturated rings. The molecule has 1 aliphatic carbocycles. The van der Waals surface area contributed by atoms with Gasteiger partial charge in [-0.2, -0.15) is 0 Å². The molecule has 25 heavy (non-hydrogen) atoms. The number of amides is 3. The highest BCUT2D eigenvalue weighted by atomic mass is 32.1. The van der Waals surface area contributed by atoms with Crippen LogP contribution in [-0.2, 0) is 17.8 Å². The maximum Gasteiger partial charge on any atom is 0.322 e. The Morgan fingerprint density at radius 2 is 1.96 bits per heavy atom. The summed E-state index contributed by atoms with van der Waals surface area (Å²) in [5, 5.41) is 6.49. The number of nitrogens with one attached hydrogen (secondary N) is 2. The number of aryl methyl sites for hydroxylation is 1. The minimum Gasteiger partial charge on any atom is -0.319 e. The van der Waals surface area contributed by atoms with Gasteiger partial charge in [-0.25, -0.2) is 9.78 Å². The van der Waals surface area contributed by atoms with Crippen molar-refractivity contribution in [3.05, 3.63) is 40.4 Å². The smallest absolute Gasteiger partial charge is 0.319 e. The van der Waals surface area contributed by atoms with Crippen molar-refractivity contribution in [1.29, 1.82) is 0 Å². The summed E-state index contributed by atoms with van der Waals surface area (Å²) in [4.78, 5) is 31.7. The molecular weight excluding hydrogens is 336 g/mol. The SMILES string of the molecule is Cc1ccc(NC(=O)N2CCc3nc(NC(=O)C4CC4)sc3C2)cc1. The number of thiazole rings is 1. The fraction of sp³-hybridized carbons (Fsp3) is 0.389. The number of fused-ring (bicyclic) bond motifs is 1. The fourth-order valence-corrected chi connectivity index (χ4v) is 3.84. The van der Waals surface area contributed by atoms with Gasteiger partial charge < -0.3 is 15.5 Å². The zero-order valence-electron chi connectivity index (χ0n) is 14.0. The van der Waals surface area contributed by atoms with Crippen molar-refractivity contribution < 1.29 is 9.59 Å². The molecule has 2 aromatic rings. The Morgan fingerprint density at radius 1 is 1.20 bits per heavy atom. The van der Waals surface area contributed by atoms with Crippen LogP contribution in [0.4, 0.5) is 15.6 Å². The van der Waals surface area contributed by atoms with Crippen LogP contribution < -0.4 is 10.6 Å². The summed E-state index contributed by atoms with van der Waals surface area (Å²) in [6.45, 7) is 3.18. The van der Waals surface area contributed by atoms with Crippen molar-refractivity contribution in [2.24, 2.45) is 5.92 Å². The van der Waals surface area contributed by atoms with Crippen LogP contribution in [-0.4, -0.2) is 28.4 Å². The van der Waals surface area contributed by atoms with Crippen LogP contribution >= 0.6 is 11.3 Å². The van der Waals surface area contributed by atoms with E-state index in [1.165, 1.54) is 11.3 Å². The van der Waals surface area contributed by atoms with Gasteiger partial charge in [0.1, 0.15) is 0 Å². The molecule has 0 saturated heterocycles. The van der Waals surface area contributed by atoms with Crippen LogP contribution in [0.2, 0.25) is 0 Å². The first-order chi connectivity index (χ1) is 12.1. The number of aromatic nitrogens is 1. The molecule has 0 atom stereocenters. The number of carbonyl (C=O) groups is 2. The maximum absolute atomic E-state index is 12.5. The summed E-state index contributed by atoms with van der Waals surface area (Å²) in [7, 11) is 0. The van der Waals surface area contributed by atoms with Gasteiger partial charge in [0.15, 0.2) is 5.13 Å². The Bertz CT molecular complexity index is 811. The largest absolute Gasteiger partial charge is 0.322 e. The standard InChI is InChI=1S/C18H20N4O2S/c1-11-2-6-13(7-3-11)19-18(24)22-9-8-14-15(10-22)25-17(20-14)21-16(23)12-4-5-12/h2-3,6-7,12H,4-5,8-10H2,1H3,(H,19,24)(H,20,21,23). The highest BCUT2D eigenvalue weighted by Crippen LogP contribution is 2.33. The van der Waals surface area contributed by atoms with Crippen molar-refractivity contribution in [2.45, 2.75) is 32.7 Å². The molecule has 2 heterocycles. The topological polar surface area (TPSA) is 74.3 Å². The average Bonchev–Trinajstić information content (AvgIpc) is 3.37. The van der Waals surface area contributed by atoms with Gasteiger partial charge in [-0.3, -0.25) is 4.79 Å². The molecule has 0 bridgehead atoms. The number of hydrogen-bond acceptors (Lipinski definition) is 4. The predicted octanol–water partition coefficient (Wildman–Crippen LogP) is 3.39. The van der Waals surface area contributed by atoms with E-state index in [9.17, 15) is 9.59 Å². The molecule has 7 heteroatoms. The first-order valence-corrected chi connectivity index (χ1v) is 9.32. The molecule has 2 aliphatic rings. The van der Waals surface area contributed by atoms with Crippen LogP contribution in [0.25, 0.3) is 0 Å². The zero-order chi connectivity index (χ0) is 17.4. The highest BCUT2D eigenvalue weighted by molar-refractivity contribution is 7.15. The molecule has 4 rings (SSSR count). The number of carbonyl (C=O) groups excluding carboxylic acids is 2. The van der Waals surface area contributed by atoms with E-state index >= 15 is 0 Å². The third kappa shape index (κ3) is 3.66. The number of rotatable bonds is 3. The number of benzene rings is 1. The molecule has 1 aromatic heterocycles. The monoisotopic (exact) mass is 356 g/mol. The second-order valence-corrected chi connectivity index (χ2v) is 7.70. The molecular formula is C18H20N4O2S. The van der Waals surface area contributed by atoms with Crippen molar-refractivity contribution in [2.75, 3.05) is 17.2 Å². The van der Waals surface area contributed by atoms with Gasteiger partial charge in [0.05, 0.1) is 12.2 Å². The summed E-state index contributed by atoms with van der Waals surface area (Å²) in [6.07, 6.45) is 2.67. The van der Waals surface area contributed by atoms with E-state index in [1.54, 1.807) is 4.90 Å². The number of nitrogens with zero attached hydrogens (tertiary/aromatic N) is 2. The molecule has 0 spiro atoms. The second kappa shape index (κ2) is 6.48. The maximum atomic E-state index is 12.5. The molecule has 0 unspecified atom stereocenters. The lowest BCUT2D eigenvalue weighted by atomic mass is 10.2. The molecule has 1 aliphatic heterocycles. The van der Waals surface area contributed by atoms with E-state index in [4.69, 9.17) is 0 Å². The van der Waals surface area contributed by atoms with Crippen molar-refractivity contribution in [3.8, 4) is 0 Å². The molecule has 0 radical (unpaired) electrons.